The summed E-state index contributed by atoms with van der Waals surface area (Å²) in [5, 5.41) is 3.78. The number of hydrogen-bond acceptors (Lipinski definition) is 7. The lowest BCUT2D eigenvalue weighted by atomic mass is 10.1. The smallest absolute Gasteiger partial charge is 0.308 e. The standard InChI is InChI=1S/C32H30N2O7S/c1-4-7-23-12-16-25(17-13-23)34-42(38,39)31-11-6-8-26-27(31)9-5-10-28(26)33-32(37)19-15-24-14-18-29(40-21(2)35)30(20-24)41-22(3)36/h5-6,8-20,34H,4,7H2,1-3H3,(H,33,37)/b19-15+. The predicted molar refractivity (Wildman–Crippen MR) is 162 cm³/mol. The highest BCUT2D eigenvalue weighted by molar-refractivity contribution is 7.93. The van der Waals surface area contributed by atoms with Crippen molar-refractivity contribution in [3.05, 3.63) is 96.1 Å². The van der Waals surface area contributed by atoms with Gasteiger partial charge in [-0.05, 0) is 60.0 Å². The minimum absolute atomic E-state index is 0.0357. The number of carbonyl (C=O) groups excluding carboxylic acids is 3. The lowest BCUT2D eigenvalue weighted by Gasteiger charge is -2.13. The van der Waals surface area contributed by atoms with Gasteiger partial charge in [0.15, 0.2) is 11.5 Å². The summed E-state index contributed by atoms with van der Waals surface area (Å²) in [5.74, 6) is -1.54. The van der Waals surface area contributed by atoms with E-state index in [0.29, 0.717) is 27.7 Å². The second kappa shape index (κ2) is 13.1. The van der Waals surface area contributed by atoms with E-state index in [9.17, 15) is 22.8 Å². The van der Waals surface area contributed by atoms with Gasteiger partial charge in [0, 0.05) is 42.1 Å². The van der Waals surface area contributed by atoms with Gasteiger partial charge in [-0.3, -0.25) is 19.1 Å². The van der Waals surface area contributed by atoms with E-state index >= 15 is 0 Å². The van der Waals surface area contributed by atoms with E-state index in [1.807, 2.05) is 12.1 Å². The van der Waals surface area contributed by atoms with Gasteiger partial charge in [0.1, 0.15) is 0 Å². The van der Waals surface area contributed by atoms with Gasteiger partial charge in [-0.25, -0.2) is 8.42 Å². The molecule has 0 saturated carbocycles. The summed E-state index contributed by atoms with van der Waals surface area (Å²) in [5.41, 5.74) is 2.52. The molecule has 0 radical (unpaired) electrons. The molecule has 42 heavy (non-hydrogen) atoms. The van der Waals surface area contributed by atoms with E-state index in [-0.39, 0.29) is 16.4 Å². The molecule has 0 bridgehead atoms. The zero-order chi connectivity index (χ0) is 30.3. The van der Waals surface area contributed by atoms with Gasteiger partial charge < -0.3 is 14.8 Å². The summed E-state index contributed by atoms with van der Waals surface area (Å²) in [6.07, 6.45) is 4.69. The minimum atomic E-state index is -3.92. The normalized spacial score (nSPS) is 11.3. The van der Waals surface area contributed by atoms with E-state index in [1.54, 1.807) is 48.5 Å². The number of esters is 2. The van der Waals surface area contributed by atoms with Crippen LogP contribution in [0.3, 0.4) is 0 Å². The maximum Gasteiger partial charge on any atom is 0.308 e. The Balaban J connectivity index is 1.55. The average molecular weight is 587 g/mol. The van der Waals surface area contributed by atoms with E-state index in [0.717, 1.165) is 18.4 Å². The molecule has 2 N–H and O–H groups in total. The Morgan fingerprint density at radius 3 is 2.17 bits per heavy atom. The molecule has 0 fully saturated rings. The fourth-order valence-corrected chi connectivity index (χ4v) is 5.59. The zero-order valence-electron chi connectivity index (χ0n) is 23.3. The third-order valence-corrected chi connectivity index (χ3v) is 7.52. The highest BCUT2D eigenvalue weighted by atomic mass is 32.2. The number of benzene rings is 4. The second-order valence-corrected chi connectivity index (χ2v) is 11.1. The van der Waals surface area contributed by atoms with Crippen LogP contribution in [0.4, 0.5) is 11.4 Å². The molecule has 0 heterocycles. The number of nitrogens with one attached hydrogen (secondary N) is 2. The largest absolute Gasteiger partial charge is 0.423 e. The maximum absolute atomic E-state index is 13.3. The number of fused-ring (bicyclic) bond motifs is 1. The molecule has 0 aliphatic carbocycles. The average Bonchev–Trinajstić information content (AvgIpc) is 2.93. The molecule has 0 spiro atoms. The number of amides is 1. The Labute approximate surface area is 244 Å². The Kier molecular flexibility index (Phi) is 9.39. The summed E-state index contributed by atoms with van der Waals surface area (Å²) < 4.78 is 39.5. The van der Waals surface area contributed by atoms with Gasteiger partial charge in [-0.15, -0.1) is 0 Å². The van der Waals surface area contributed by atoms with Crippen LogP contribution in [0.5, 0.6) is 11.5 Å². The monoisotopic (exact) mass is 586 g/mol. The van der Waals surface area contributed by atoms with Crippen molar-refractivity contribution in [2.24, 2.45) is 0 Å². The molecule has 4 rings (SSSR count). The van der Waals surface area contributed by atoms with Crippen LogP contribution in [-0.4, -0.2) is 26.3 Å². The quantitative estimate of drug-likeness (QED) is 0.131. The van der Waals surface area contributed by atoms with Crippen molar-refractivity contribution in [2.45, 2.75) is 38.5 Å². The number of carbonyl (C=O) groups is 3. The van der Waals surface area contributed by atoms with E-state index in [4.69, 9.17) is 9.47 Å². The number of rotatable bonds is 10. The lowest BCUT2D eigenvalue weighted by molar-refractivity contribution is -0.134. The van der Waals surface area contributed by atoms with Crippen LogP contribution in [0.15, 0.2) is 89.8 Å². The summed E-state index contributed by atoms with van der Waals surface area (Å²) in [6.45, 7) is 4.53. The molecule has 10 heteroatoms. The maximum atomic E-state index is 13.3. The van der Waals surface area contributed by atoms with Gasteiger partial charge in [0.25, 0.3) is 10.0 Å². The number of anilines is 2. The molecular weight excluding hydrogens is 556 g/mol. The molecule has 4 aromatic carbocycles. The fourth-order valence-electron chi connectivity index (χ4n) is 4.31. The van der Waals surface area contributed by atoms with Crippen molar-refractivity contribution in [2.75, 3.05) is 10.0 Å². The van der Waals surface area contributed by atoms with Crippen LogP contribution in [0, 0.1) is 0 Å². The molecular formula is C32H30N2O7S. The summed E-state index contributed by atoms with van der Waals surface area (Å²) in [7, 11) is -3.92. The minimum Gasteiger partial charge on any atom is -0.423 e. The fraction of sp³-hybridized carbons (Fsp3) is 0.156. The number of aryl methyl sites for hydroxylation is 1. The van der Waals surface area contributed by atoms with Gasteiger partial charge in [0.2, 0.25) is 5.91 Å². The molecule has 4 aromatic rings. The van der Waals surface area contributed by atoms with E-state index in [2.05, 4.69) is 17.0 Å². The predicted octanol–water partition coefficient (Wildman–Crippen LogP) is 6.10. The zero-order valence-corrected chi connectivity index (χ0v) is 24.2. The molecule has 0 atom stereocenters. The van der Waals surface area contributed by atoms with E-state index in [1.165, 1.54) is 44.2 Å². The molecule has 0 unspecified atom stereocenters. The number of sulfonamides is 1. The highest BCUT2D eigenvalue weighted by Gasteiger charge is 2.19. The lowest BCUT2D eigenvalue weighted by Crippen LogP contribution is -2.14. The Morgan fingerprint density at radius 2 is 1.48 bits per heavy atom. The van der Waals surface area contributed by atoms with Gasteiger partial charge in [-0.1, -0.05) is 55.8 Å². The molecule has 216 valence electrons. The first-order chi connectivity index (χ1) is 20.1. The van der Waals surface area contributed by atoms with Crippen molar-refractivity contribution in [3.63, 3.8) is 0 Å². The summed E-state index contributed by atoms with van der Waals surface area (Å²) >= 11 is 0. The van der Waals surface area contributed by atoms with Crippen LogP contribution in [0.25, 0.3) is 16.8 Å². The Bertz CT molecular complexity index is 1780. The van der Waals surface area contributed by atoms with Gasteiger partial charge >= 0.3 is 11.9 Å². The first-order valence-corrected chi connectivity index (χ1v) is 14.7. The van der Waals surface area contributed by atoms with E-state index < -0.39 is 27.9 Å². The third-order valence-electron chi connectivity index (χ3n) is 6.08. The molecule has 9 nitrogen and oxygen atoms in total. The Morgan fingerprint density at radius 1 is 0.810 bits per heavy atom. The number of hydrogen-bond donors (Lipinski definition) is 2. The molecule has 0 saturated heterocycles. The van der Waals surface area contributed by atoms with Crippen molar-refractivity contribution in [3.8, 4) is 11.5 Å². The summed E-state index contributed by atoms with van der Waals surface area (Å²) in [6, 6.07) is 21.7. The van der Waals surface area contributed by atoms with Crippen molar-refractivity contribution >= 4 is 56.1 Å². The first kappa shape index (κ1) is 30.0. The van der Waals surface area contributed by atoms with Crippen LogP contribution in [0.1, 0.15) is 38.3 Å². The van der Waals surface area contributed by atoms with Gasteiger partial charge in [-0.2, -0.15) is 0 Å². The highest BCUT2D eigenvalue weighted by Crippen LogP contribution is 2.31. The van der Waals surface area contributed by atoms with Crippen molar-refractivity contribution in [1.29, 1.82) is 0 Å². The van der Waals surface area contributed by atoms with Crippen molar-refractivity contribution < 1.29 is 32.3 Å². The van der Waals surface area contributed by atoms with Crippen LogP contribution >= 0.6 is 0 Å². The van der Waals surface area contributed by atoms with Crippen LogP contribution in [-0.2, 0) is 30.8 Å². The number of ether oxygens (including phenoxy) is 2. The molecule has 0 aliphatic rings. The van der Waals surface area contributed by atoms with Gasteiger partial charge in [0.05, 0.1) is 4.90 Å². The van der Waals surface area contributed by atoms with Crippen molar-refractivity contribution in [1.82, 2.24) is 0 Å². The molecule has 0 aromatic heterocycles. The molecule has 0 aliphatic heterocycles. The second-order valence-electron chi connectivity index (χ2n) is 9.43. The van der Waals surface area contributed by atoms with Crippen LogP contribution in [0.2, 0.25) is 0 Å². The Hall–Kier alpha value is -4.96. The topological polar surface area (TPSA) is 128 Å². The molecule has 1 amide bonds. The SMILES string of the molecule is CCCc1ccc(NS(=O)(=O)c2cccc3c(NC(=O)/C=C/c4ccc(OC(C)=O)c(OC(C)=O)c4)cccc23)cc1. The third kappa shape index (κ3) is 7.61. The van der Waals surface area contributed by atoms with Crippen LogP contribution < -0.4 is 19.5 Å². The first-order valence-electron chi connectivity index (χ1n) is 13.2. The summed E-state index contributed by atoms with van der Waals surface area (Å²) in [4.78, 5) is 35.7.